The zero-order valence-electron chi connectivity index (χ0n) is 35.1. The van der Waals surface area contributed by atoms with E-state index in [1.54, 1.807) is 0 Å². The van der Waals surface area contributed by atoms with Crippen molar-refractivity contribution in [1.29, 1.82) is 0 Å². The lowest BCUT2D eigenvalue weighted by atomic mass is 9.66. The van der Waals surface area contributed by atoms with Crippen LogP contribution in [0, 0.1) is 22.7 Å². The van der Waals surface area contributed by atoms with Gasteiger partial charge in [-0.25, -0.2) is 18.9 Å². The summed E-state index contributed by atoms with van der Waals surface area (Å²) in [6, 6.07) is 17.9. The molecule has 2 heterocycles. The summed E-state index contributed by atoms with van der Waals surface area (Å²) in [6.45, 7) is 6.14. The standard InChI is InChI=1S/C26H35N3OS2.C22H27N3S.ClH/c1-25(2,3)32(30)29-24-21-7-5-4-6-20(21)14-26(24)12-10-19(11-13-26)22-15-28-23(16-27-22)31-17-18-8-9-18;23-21-18-4-2-1-3-17(18)11-22(21)9-7-16(8-10-22)19-12-25-20(13-24-19)26-14-15-5-6-15;/h4-7,15-16,18-19,24,29H,8-14,17H2,1-3H3;1-4,12-13,15-16,21H,5-11,14,23H2;1H/t19?,24?,26?,32-;;/m1../s1. The van der Waals surface area contributed by atoms with Crippen molar-refractivity contribution in [3.63, 3.8) is 0 Å². The monoisotopic (exact) mass is 870 g/mol. The Hall–Kier alpha value is -2.34. The van der Waals surface area contributed by atoms with Crippen molar-refractivity contribution in [2.45, 2.75) is 149 Å². The molecule has 59 heavy (non-hydrogen) atoms. The number of halogens is 1. The van der Waals surface area contributed by atoms with E-state index in [1.165, 1.54) is 90.8 Å². The number of nitrogens with one attached hydrogen (secondary N) is 1. The molecular weight excluding hydrogens is 808 g/mol. The molecule has 3 N–H and O–H groups in total. The Kier molecular flexibility index (Phi) is 13.3. The second-order valence-electron chi connectivity index (χ2n) is 19.5. The third-order valence-corrected chi connectivity index (χ3v) is 18.2. The summed E-state index contributed by atoms with van der Waals surface area (Å²) in [5.74, 6) is 5.25. The van der Waals surface area contributed by atoms with Gasteiger partial charge in [-0.1, -0.05) is 48.5 Å². The van der Waals surface area contributed by atoms with Gasteiger partial charge in [0, 0.05) is 41.8 Å². The van der Waals surface area contributed by atoms with E-state index in [1.807, 2.05) is 69.1 Å². The van der Waals surface area contributed by atoms with Crippen LogP contribution in [0.1, 0.15) is 155 Å². The molecule has 2 aromatic heterocycles. The van der Waals surface area contributed by atoms with Crippen LogP contribution in [0.15, 0.2) is 83.4 Å². The molecule has 10 rings (SSSR count). The molecule has 0 radical (unpaired) electrons. The highest BCUT2D eigenvalue weighted by molar-refractivity contribution is 7.99. The van der Waals surface area contributed by atoms with Crippen molar-refractivity contribution in [1.82, 2.24) is 24.7 Å². The van der Waals surface area contributed by atoms with Gasteiger partial charge in [-0.3, -0.25) is 9.97 Å². The maximum absolute atomic E-state index is 13.1. The highest BCUT2D eigenvalue weighted by atomic mass is 35.5. The average Bonchev–Trinajstić information content (AvgIpc) is 4.19. The molecule has 0 aliphatic heterocycles. The minimum absolute atomic E-state index is 0. The van der Waals surface area contributed by atoms with Gasteiger partial charge in [-0.15, -0.1) is 35.9 Å². The predicted octanol–water partition coefficient (Wildman–Crippen LogP) is 11.3. The van der Waals surface area contributed by atoms with Crippen molar-refractivity contribution in [2.24, 2.45) is 28.4 Å². The topological polar surface area (TPSA) is 107 Å². The fourth-order valence-corrected chi connectivity index (χ4v) is 13.1. The molecule has 2 spiro atoms. The first-order valence-electron chi connectivity index (χ1n) is 22.1. The Morgan fingerprint density at radius 2 is 1.12 bits per heavy atom. The van der Waals surface area contributed by atoms with E-state index in [0.717, 1.165) is 66.1 Å². The Balaban J connectivity index is 0.000000164. The number of fused-ring (bicyclic) bond motifs is 2. The molecule has 7 nitrogen and oxygen atoms in total. The fourth-order valence-electron chi connectivity index (χ4n) is 10.2. The number of nitrogens with two attached hydrogens (primary N) is 1. The van der Waals surface area contributed by atoms with Crippen LogP contribution in [0.3, 0.4) is 0 Å². The Bertz CT molecular complexity index is 2050. The molecule has 0 amide bonds. The van der Waals surface area contributed by atoms with Crippen LogP contribution in [-0.4, -0.2) is 40.4 Å². The second-order valence-corrected chi connectivity index (χ2v) is 23.6. The zero-order valence-corrected chi connectivity index (χ0v) is 38.4. The molecule has 3 atom stereocenters. The Morgan fingerprint density at radius 1 is 0.661 bits per heavy atom. The molecule has 2 unspecified atom stereocenters. The summed E-state index contributed by atoms with van der Waals surface area (Å²) in [5, 5.41) is 2.15. The van der Waals surface area contributed by atoms with E-state index in [0.29, 0.717) is 11.8 Å². The third kappa shape index (κ3) is 9.83. The van der Waals surface area contributed by atoms with E-state index >= 15 is 0 Å². The summed E-state index contributed by atoms with van der Waals surface area (Å²) >= 11 is 3.72. The highest BCUT2D eigenvalue weighted by Crippen LogP contribution is 2.57. The van der Waals surface area contributed by atoms with Gasteiger partial charge < -0.3 is 5.73 Å². The van der Waals surface area contributed by atoms with Crippen LogP contribution in [0.5, 0.6) is 0 Å². The van der Waals surface area contributed by atoms with E-state index < -0.39 is 11.0 Å². The molecule has 4 saturated carbocycles. The number of aromatic nitrogens is 4. The molecule has 0 bridgehead atoms. The van der Waals surface area contributed by atoms with Gasteiger partial charge in [0.1, 0.15) is 10.1 Å². The minimum Gasteiger partial charge on any atom is -0.323 e. The number of benzene rings is 2. The summed E-state index contributed by atoms with van der Waals surface area (Å²) in [7, 11) is -1.09. The zero-order chi connectivity index (χ0) is 39.9. The van der Waals surface area contributed by atoms with Gasteiger partial charge in [0.05, 0.1) is 45.6 Å². The van der Waals surface area contributed by atoms with E-state index in [-0.39, 0.29) is 40.1 Å². The number of rotatable bonds is 10. The van der Waals surface area contributed by atoms with E-state index in [2.05, 4.69) is 58.2 Å². The van der Waals surface area contributed by atoms with E-state index in [9.17, 15) is 4.21 Å². The van der Waals surface area contributed by atoms with Gasteiger partial charge in [0.15, 0.2) is 0 Å². The van der Waals surface area contributed by atoms with Gasteiger partial charge in [-0.2, -0.15) is 0 Å². The van der Waals surface area contributed by atoms with Crippen LogP contribution < -0.4 is 10.5 Å². The summed E-state index contributed by atoms with van der Waals surface area (Å²) in [6.07, 6.45) is 25.1. The third-order valence-electron chi connectivity index (χ3n) is 14.3. The maximum atomic E-state index is 13.1. The fraction of sp³-hybridized carbons (Fsp3) is 0.583. The van der Waals surface area contributed by atoms with Crippen molar-refractivity contribution >= 4 is 46.9 Å². The lowest BCUT2D eigenvalue weighted by Crippen LogP contribution is -2.43. The summed E-state index contributed by atoms with van der Waals surface area (Å²) < 4.78 is 16.3. The van der Waals surface area contributed by atoms with Crippen molar-refractivity contribution in [2.75, 3.05) is 11.5 Å². The van der Waals surface area contributed by atoms with Crippen LogP contribution >= 0.6 is 35.9 Å². The summed E-state index contributed by atoms with van der Waals surface area (Å²) in [5.41, 5.74) is 15.1. The minimum atomic E-state index is -1.09. The molecular formula is C48H63ClN6OS3. The number of thioether (sulfide) groups is 2. The van der Waals surface area contributed by atoms with Gasteiger partial charge in [0.2, 0.25) is 0 Å². The van der Waals surface area contributed by atoms with Crippen molar-refractivity contribution in [3.05, 3.63) is 107 Å². The second kappa shape index (κ2) is 18.2. The quantitative estimate of drug-likeness (QED) is 0.152. The predicted molar refractivity (Wildman–Crippen MR) is 246 cm³/mol. The van der Waals surface area contributed by atoms with Crippen molar-refractivity contribution in [3.8, 4) is 0 Å². The largest absolute Gasteiger partial charge is 0.323 e. The molecule has 2 aromatic carbocycles. The lowest BCUT2D eigenvalue weighted by molar-refractivity contribution is 0.140. The maximum Gasteiger partial charge on any atom is 0.114 e. The number of nitrogens with zero attached hydrogens (tertiary/aromatic N) is 4. The van der Waals surface area contributed by atoms with Crippen molar-refractivity contribution < 1.29 is 4.21 Å². The first kappa shape index (κ1) is 43.3. The Labute approximate surface area is 369 Å². The van der Waals surface area contributed by atoms with Crippen LogP contribution in [0.2, 0.25) is 0 Å². The first-order valence-corrected chi connectivity index (χ1v) is 25.2. The molecule has 6 aliphatic carbocycles. The lowest BCUT2D eigenvalue weighted by Gasteiger charge is -2.42. The number of hydrogen-bond donors (Lipinski definition) is 2. The van der Waals surface area contributed by atoms with Crippen LogP contribution in [0.25, 0.3) is 0 Å². The SMILES string of the molecule is CC(C)(C)[S@@](=O)NC1c2ccccc2CC12CCC(c1cnc(SCC3CC3)cn1)CC2.Cl.NC1c2ccccc2CC12CCC(c1cnc(SCC3CC3)cn1)CC2. The van der Waals surface area contributed by atoms with Crippen LogP contribution in [-0.2, 0) is 23.8 Å². The van der Waals surface area contributed by atoms with E-state index in [4.69, 9.17) is 20.7 Å². The molecule has 6 aliphatic rings. The molecule has 11 heteroatoms. The van der Waals surface area contributed by atoms with Gasteiger partial charge in [0.25, 0.3) is 0 Å². The van der Waals surface area contributed by atoms with Crippen LogP contribution in [0.4, 0.5) is 0 Å². The first-order chi connectivity index (χ1) is 28.1. The van der Waals surface area contributed by atoms with Gasteiger partial charge >= 0.3 is 0 Å². The molecule has 4 aromatic rings. The molecule has 0 saturated heterocycles. The highest BCUT2D eigenvalue weighted by Gasteiger charge is 2.49. The molecule has 4 fully saturated rings. The number of hydrogen-bond acceptors (Lipinski definition) is 8. The normalized spacial score (nSPS) is 28.9. The average molecular weight is 872 g/mol. The smallest absolute Gasteiger partial charge is 0.114 e. The van der Waals surface area contributed by atoms with Gasteiger partial charge in [-0.05, 0) is 156 Å². The molecule has 316 valence electrons. The summed E-state index contributed by atoms with van der Waals surface area (Å²) in [4.78, 5) is 18.9. The Morgan fingerprint density at radius 3 is 1.58 bits per heavy atom.